The van der Waals surface area contributed by atoms with Gasteiger partial charge in [-0.05, 0) is 30.3 Å². The standard InChI is InChI=1S/C17H14NOS/c1-18-16-11(6-5-8-13(16)19-2)10-15-17(18)12-7-3-4-9-14(12)20-15/h3-10H,1-2H3/q+1. The number of hydrogen-bond acceptors (Lipinski definition) is 2. The van der Waals surface area contributed by atoms with Gasteiger partial charge in [0.25, 0.3) is 5.52 Å². The molecule has 4 aromatic rings. The number of nitrogens with zero attached hydrogens (tertiary/aromatic N) is 1. The summed E-state index contributed by atoms with van der Waals surface area (Å²) in [5.41, 5.74) is 2.42. The van der Waals surface area contributed by atoms with Gasteiger partial charge in [0.05, 0.1) is 17.9 Å². The highest BCUT2D eigenvalue weighted by molar-refractivity contribution is 7.25. The highest BCUT2D eigenvalue weighted by Gasteiger charge is 2.20. The number of aromatic nitrogens is 1. The summed E-state index contributed by atoms with van der Waals surface area (Å²) in [5, 5.41) is 2.52. The van der Waals surface area contributed by atoms with Gasteiger partial charge < -0.3 is 4.74 Å². The quantitative estimate of drug-likeness (QED) is 0.480. The molecule has 0 atom stereocenters. The second-order valence-electron chi connectivity index (χ2n) is 4.91. The molecule has 0 radical (unpaired) electrons. The number of thiophene rings is 1. The van der Waals surface area contributed by atoms with Gasteiger partial charge in [-0.25, -0.2) is 0 Å². The van der Waals surface area contributed by atoms with Crippen molar-refractivity contribution in [1.29, 1.82) is 0 Å². The molecule has 0 spiro atoms. The van der Waals surface area contributed by atoms with Crippen LogP contribution in [0.3, 0.4) is 0 Å². The molecule has 0 unspecified atom stereocenters. The van der Waals surface area contributed by atoms with E-state index in [0.29, 0.717) is 0 Å². The molecule has 2 aromatic carbocycles. The van der Waals surface area contributed by atoms with Gasteiger partial charge >= 0.3 is 0 Å². The van der Waals surface area contributed by atoms with E-state index in [2.05, 4.69) is 48.0 Å². The molecule has 0 aliphatic carbocycles. The van der Waals surface area contributed by atoms with Crippen molar-refractivity contribution in [2.75, 3.05) is 7.11 Å². The molecule has 2 heterocycles. The molecule has 4 rings (SSSR count). The Kier molecular flexibility index (Phi) is 2.44. The number of aryl methyl sites for hydroxylation is 1. The van der Waals surface area contributed by atoms with E-state index in [0.717, 1.165) is 11.3 Å². The van der Waals surface area contributed by atoms with Crippen LogP contribution in [0, 0.1) is 0 Å². The topological polar surface area (TPSA) is 13.1 Å². The lowest BCUT2D eigenvalue weighted by Gasteiger charge is -2.04. The van der Waals surface area contributed by atoms with Gasteiger partial charge in [0, 0.05) is 4.70 Å². The zero-order valence-electron chi connectivity index (χ0n) is 11.4. The highest BCUT2D eigenvalue weighted by atomic mass is 32.1. The number of hydrogen-bond donors (Lipinski definition) is 0. The molecule has 0 saturated carbocycles. The molecule has 98 valence electrons. The summed E-state index contributed by atoms with van der Waals surface area (Å²) in [6.07, 6.45) is 0. The van der Waals surface area contributed by atoms with E-state index in [4.69, 9.17) is 4.74 Å². The number of fused-ring (bicyclic) bond motifs is 4. The fourth-order valence-electron chi connectivity index (χ4n) is 2.93. The van der Waals surface area contributed by atoms with Gasteiger partial charge in [0.15, 0.2) is 5.75 Å². The molecule has 2 aromatic heterocycles. The maximum atomic E-state index is 5.53. The first-order chi connectivity index (χ1) is 9.79. The van der Waals surface area contributed by atoms with Crippen LogP contribution in [0.5, 0.6) is 5.75 Å². The SMILES string of the molecule is COc1cccc2cc3sc4ccccc4c3[n+](C)c12. The maximum Gasteiger partial charge on any atom is 0.255 e. The lowest BCUT2D eigenvalue weighted by Crippen LogP contribution is -2.30. The van der Waals surface area contributed by atoms with Crippen molar-refractivity contribution in [1.82, 2.24) is 0 Å². The van der Waals surface area contributed by atoms with Crippen molar-refractivity contribution >= 4 is 42.5 Å². The molecule has 0 bridgehead atoms. The number of para-hydroxylation sites is 1. The summed E-state index contributed by atoms with van der Waals surface area (Å²) < 4.78 is 10.4. The lowest BCUT2D eigenvalue weighted by molar-refractivity contribution is -0.617. The predicted octanol–water partition coefficient (Wildman–Crippen LogP) is 4.04. The van der Waals surface area contributed by atoms with Crippen molar-refractivity contribution in [3.05, 3.63) is 48.5 Å². The molecule has 3 heteroatoms. The number of pyridine rings is 1. The summed E-state index contributed by atoms with van der Waals surface area (Å²) in [6.45, 7) is 0. The van der Waals surface area contributed by atoms with Crippen LogP contribution in [-0.2, 0) is 7.05 Å². The summed E-state index contributed by atoms with van der Waals surface area (Å²) >= 11 is 1.84. The monoisotopic (exact) mass is 280 g/mol. The molecule has 2 nitrogen and oxygen atoms in total. The first-order valence-corrected chi connectivity index (χ1v) is 7.38. The Balaban J connectivity index is 2.30. The van der Waals surface area contributed by atoms with Crippen LogP contribution in [-0.4, -0.2) is 7.11 Å². The average molecular weight is 280 g/mol. The minimum absolute atomic E-state index is 0.919. The van der Waals surface area contributed by atoms with Crippen molar-refractivity contribution in [2.24, 2.45) is 7.05 Å². The van der Waals surface area contributed by atoms with Crippen LogP contribution in [0.1, 0.15) is 0 Å². The van der Waals surface area contributed by atoms with Crippen LogP contribution >= 0.6 is 11.3 Å². The van der Waals surface area contributed by atoms with Crippen LogP contribution < -0.4 is 9.30 Å². The number of methoxy groups -OCH3 is 1. The summed E-state index contributed by atoms with van der Waals surface area (Å²) in [4.78, 5) is 0. The first-order valence-electron chi connectivity index (χ1n) is 6.56. The van der Waals surface area contributed by atoms with Gasteiger partial charge in [-0.1, -0.05) is 18.2 Å². The van der Waals surface area contributed by atoms with Crippen LogP contribution in [0.25, 0.3) is 31.2 Å². The smallest absolute Gasteiger partial charge is 0.255 e. The van der Waals surface area contributed by atoms with E-state index in [1.807, 2.05) is 23.5 Å². The second-order valence-corrected chi connectivity index (χ2v) is 6.00. The molecule has 0 N–H and O–H groups in total. The third-order valence-electron chi connectivity index (χ3n) is 3.80. The third kappa shape index (κ3) is 1.47. The normalized spacial score (nSPS) is 11.5. The van der Waals surface area contributed by atoms with E-state index in [1.165, 1.54) is 25.7 Å². The first kappa shape index (κ1) is 11.7. The molecule has 0 amide bonds. The minimum atomic E-state index is 0.919. The third-order valence-corrected chi connectivity index (χ3v) is 4.91. The van der Waals surface area contributed by atoms with Crippen LogP contribution in [0.4, 0.5) is 0 Å². The van der Waals surface area contributed by atoms with E-state index >= 15 is 0 Å². The van der Waals surface area contributed by atoms with E-state index in [9.17, 15) is 0 Å². The Hall–Kier alpha value is -2.13. The zero-order valence-corrected chi connectivity index (χ0v) is 12.2. The van der Waals surface area contributed by atoms with Gasteiger partial charge in [0.1, 0.15) is 11.7 Å². The minimum Gasteiger partial charge on any atom is -0.490 e. The second kappa shape index (κ2) is 4.18. The predicted molar refractivity (Wildman–Crippen MR) is 84.6 cm³/mol. The Labute approximate surface area is 120 Å². The summed E-state index contributed by atoms with van der Waals surface area (Å²) in [6, 6.07) is 17.0. The largest absolute Gasteiger partial charge is 0.490 e. The number of rotatable bonds is 1. The van der Waals surface area contributed by atoms with Crippen molar-refractivity contribution in [3.8, 4) is 5.75 Å². The molecule has 0 saturated heterocycles. The van der Waals surface area contributed by atoms with Crippen LogP contribution in [0.15, 0.2) is 48.5 Å². The summed E-state index contributed by atoms with van der Waals surface area (Å²) in [7, 11) is 3.84. The molecular weight excluding hydrogens is 266 g/mol. The van der Waals surface area contributed by atoms with Crippen LogP contribution in [0.2, 0.25) is 0 Å². The van der Waals surface area contributed by atoms with Gasteiger partial charge in [-0.15, -0.1) is 11.3 Å². The molecule has 20 heavy (non-hydrogen) atoms. The fraction of sp³-hybridized carbons (Fsp3) is 0.118. The Bertz CT molecular complexity index is 955. The average Bonchev–Trinajstić information content (AvgIpc) is 2.85. The zero-order chi connectivity index (χ0) is 13.7. The Morgan fingerprint density at radius 1 is 0.950 bits per heavy atom. The molecular formula is C17H14NOS+. The number of ether oxygens (including phenoxy) is 1. The van der Waals surface area contributed by atoms with Gasteiger partial charge in [-0.2, -0.15) is 4.57 Å². The van der Waals surface area contributed by atoms with E-state index in [-0.39, 0.29) is 0 Å². The van der Waals surface area contributed by atoms with E-state index in [1.54, 1.807) is 7.11 Å². The summed E-state index contributed by atoms with van der Waals surface area (Å²) in [5.74, 6) is 0.919. The fourth-order valence-corrected chi connectivity index (χ4v) is 4.11. The molecule has 0 aliphatic heterocycles. The van der Waals surface area contributed by atoms with Gasteiger partial charge in [-0.3, -0.25) is 0 Å². The van der Waals surface area contributed by atoms with Crippen molar-refractivity contribution in [2.45, 2.75) is 0 Å². The van der Waals surface area contributed by atoms with Crippen molar-refractivity contribution < 1.29 is 9.30 Å². The molecule has 0 aliphatic rings. The Morgan fingerprint density at radius 2 is 1.80 bits per heavy atom. The van der Waals surface area contributed by atoms with Gasteiger partial charge in [0.2, 0.25) is 5.52 Å². The highest BCUT2D eigenvalue weighted by Crippen LogP contribution is 2.34. The Morgan fingerprint density at radius 3 is 2.65 bits per heavy atom. The molecule has 0 fully saturated rings. The number of benzene rings is 2. The maximum absolute atomic E-state index is 5.53. The van der Waals surface area contributed by atoms with Crippen molar-refractivity contribution in [3.63, 3.8) is 0 Å². The lowest BCUT2D eigenvalue weighted by atomic mass is 10.1. The van der Waals surface area contributed by atoms with E-state index < -0.39 is 0 Å².